The fourth-order valence-corrected chi connectivity index (χ4v) is 2.96. The number of aromatic nitrogens is 1. The molecule has 0 radical (unpaired) electrons. The number of hydrogen-bond acceptors (Lipinski definition) is 2. The average molecular weight is 337 g/mol. The van der Waals surface area contributed by atoms with Crippen molar-refractivity contribution in [2.75, 3.05) is 19.7 Å². The van der Waals surface area contributed by atoms with E-state index < -0.39 is 0 Å². The summed E-state index contributed by atoms with van der Waals surface area (Å²) in [5.74, 6) is 0.0358. The highest BCUT2D eigenvalue weighted by molar-refractivity contribution is 9.10. The minimum Gasteiger partial charge on any atom is -0.372 e. The SMILES string of the molecule is CC1(C)CN(C(=O)c2cc3cc(Br)ccc3[nH]2)CCO1. The second-order valence-electron chi connectivity index (χ2n) is 5.75. The molecule has 2 aromatic rings. The molecule has 0 aliphatic carbocycles. The van der Waals surface area contributed by atoms with Crippen LogP contribution in [0.5, 0.6) is 0 Å². The lowest BCUT2D eigenvalue weighted by Gasteiger charge is -2.37. The molecule has 0 unspecified atom stereocenters. The minimum atomic E-state index is -0.275. The molecule has 0 saturated carbocycles. The maximum absolute atomic E-state index is 12.6. The van der Waals surface area contributed by atoms with Crippen LogP contribution in [-0.4, -0.2) is 41.1 Å². The van der Waals surface area contributed by atoms with Crippen LogP contribution in [-0.2, 0) is 4.74 Å². The van der Waals surface area contributed by atoms with Crippen molar-refractivity contribution in [3.05, 3.63) is 34.4 Å². The second kappa shape index (κ2) is 4.90. The first-order chi connectivity index (χ1) is 9.44. The van der Waals surface area contributed by atoms with Crippen molar-refractivity contribution in [1.29, 1.82) is 0 Å². The summed E-state index contributed by atoms with van der Waals surface area (Å²) in [5, 5.41) is 1.04. The third-order valence-corrected chi connectivity index (χ3v) is 4.02. The molecule has 0 spiro atoms. The van der Waals surface area contributed by atoms with Crippen LogP contribution < -0.4 is 0 Å². The Kier molecular flexibility index (Phi) is 3.34. The number of ether oxygens (including phenoxy) is 1. The number of fused-ring (bicyclic) bond motifs is 1. The van der Waals surface area contributed by atoms with Crippen LogP contribution in [0.4, 0.5) is 0 Å². The highest BCUT2D eigenvalue weighted by Crippen LogP contribution is 2.23. The van der Waals surface area contributed by atoms with Gasteiger partial charge in [-0.25, -0.2) is 0 Å². The van der Waals surface area contributed by atoms with E-state index in [0.29, 0.717) is 25.4 Å². The van der Waals surface area contributed by atoms with E-state index in [1.165, 1.54) is 0 Å². The zero-order chi connectivity index (χ0) is 14.3. The molecule has 1 N–H and O–H groups in total. The van der Waals surface area contributed by atoms with E-state index in [1.807, 2.05) is 43.0 Å². The Labute approximate surface area is 126 Å². The van der Waals surface area contributed by atoms with Crippen molar-refractivity contribution < 1.29 is 9.53 Å². The summed E-state index contributed by atoms with van der Waals surface area (Å²) in [6, 6.07) is 7.85. The van der Waals surface area contributed by atoms with E-state index in [-0.39, 0.29) is 11.5 Å². The zero-order valence-electron chi connectivity index (χ0n) is 11.6. The molecular formula is C15H17BrN2O2. The lowest BCUT2D eigenvalue weighted by Crippen LogP contribution is -2.50. The van der Waals surface area contributed by atoms with Crippen LogP contribution >= 0.6 is 15.9 Å². The van der Waals surface area contributed by atoms with Crippen molar-refractivity contribution in [2.45, 2.75) is 19.4 Å². The minimum absolute atomic E-state index is 0.0358. The second-order valence-corrected chi connectivity index (χ2v) is 6.67. The van der Waals surface area contributed by atoms with Gasteiger partial charge in [-0.2, -0.15) is 0 Å². The van der Waals surface area contributed by atoms with Gasteiger partial charge >= 0.3 is 0 Å². The Morgan fingerprint density at radius 2 is 2.20 bits per heavy atom. The highest BCUT2D eigenvalue weighted by atomic mass is 79.9. The lowest BCUT2D eigenvalue weighted by molar-refractivity contribution is -0.0764. The Hall–Kier alpha value is -1.33. The number of benzene rings is 1. The fourth-order valence-electron chi connectivity index (χ4n) is 2.58. The molecule has 1 aromatic carbocycles. The maximum Gasteiger partial charge on any atom is 0.270 e. The van der Waals surface area contributed by atoms with E-state index in [2.05, 4.69) is 20.9 Å². The number of hydrogen-bond donors (Lipinski definition) is 1. The molecule has 1 aliphatic rings. The van der Waals surface area contributed by atoms with Gasteiger partial charge in [0.1, 0.15) is 5.69 Å². The van der Waals surface area contributed by atoms with Crippen molar-refractivity contribution in [3.8, 4) is 0 Å². The smallest absolute Gasteiger partial charge is 0.270 e. The third-order valence-electron chi connectivity index (χ3n) is 3.53. The summed E-state index contributed by atoms with van der Waals surface area (Å²) >= 11 is 3.44. The predicted molar refractivity (Wildman–Crippen MR) is 81.9 cm³/mol. The number of amides is 1. The van der Waals surface area contributed by atoms with Gasteiger partial charge in [-0.1, -0.05) is 15.9 Å². The van der Waals surface area contributed by atoms with Gasteiger partial charge in [-0.05, 0) is 38.1 Å². The predicted octanol–water partition coefficient (Wildman–Crippen LogP) is 3.18. The molecule has 0 atom stereocenters. The number of carbonyl (C=O) groups is 1. The molecule has 1 fully saturated rings. The standard InChI is InChI=1S/C15H17BrN2O2/c1-15(2)9-18(5-6-20-15)14(19)13-8-10-7-11(16)3-4-12(10)17-13/h3-4,7-8,17H,5-6,9H2,1-2H3. The molecule has 106 valence electrons. The first-order valence-corrected chi connectivity index (χ1v) is 7.45. The van der Waals surface area contributed by atoms with Gasteiger partial charge < -0.3 is 14.6 Å². The number of H-pyrrole nitrogens is 1. The molecule has 2 heterocycles. The van der Waals surface area contributed by atoms with Crippen molar-refractivity contribution in [1.82, 2.24) is 9.88 Å². The van der Waals surface area contributed by atoms with Gasteiger partial charge in [0, 0.05) is 28.5 Å². The number of rotatable bonds is 1. The number of halogens is 1. The summed E-state index contributed by atoms with van der Waals surface area (Å²) < 4.78 is 6.66. The van der Waals surface area contributed by atoms with Crippen molar-refractivity contribution in [3.63, 3.8) is 0 Å². The van der Waals surface area contributed by atoms with Crippen LogP contribution in [0, 0.1) is 0 Å². The molecule has 1 aromatic heterocycles. The number of carbonyl (C=O) groups excluding carboxylic acids is 1. The van der Waals surface area contributed by atoms with Crippen LogP contribution in [0.15, 0.2) is 28.7 Å². The molecule has 4 nitrogen and oxygen atoms in total. The van der Waals surface area contributed by atoms with Crippen LogP contribution in [0.2, 0.25) is 0 Å². The molecule has 20 heavy (non-hydrogen) atoms. The molecule has 1 saturated heterocycles. The molecule has 0 bridgehead atoms. The lowest BCUT2D eigenvalue weighted by atomic mass is 10.1. The monoisotopic (exact) mass is 336 g/mol. The average Bonchev–Trinajstić information content (AvgIpc) is 2.79. The highest BCUT2D eigenvalue weighted by Gasteiger charge is 2.30. The van der Waals surface area contributed by atoms with Crippen molar-refractivity contribution >= 4 is 32.7 Å². The normalized spacial score (nSPS) is 18.4. The Morgan fingerprint density at radius 1 is 1.40 bits per heavy atom. The maximum atomic E-state index is 12.6. The van der Waals surface area contributed by atoms with E-state index in [9.17, 15) is 4.79 Å². The van der Waals surface area contributed by atoms with Crippen LogP contribution in [0.25, 0.3) is 10.9 Å². The first kappa shape index (κ1) is 13.6. The van der Waals surface area contributed by atoms with Gasteiger partial charge in [-0.15, -0.1) is 0 Å². The van der Waals surface area contributed by atoms with Gasteiger partial charge in [0.15, 0.2) is 0 Å². The van der Waals surface area contributed by atoms with Gasteiger partial charge in [-0.3, -0.25) is 4.79 Å². The number of aromatic amines is 1. The van der Waals surface area contributed by atoms with E-state index in [4.69, 9.17) is 4.74 Å². The summed E-state index contributed by atoms with van der Waals surface area (Å²) in [5.41, 5.74) is 1.34. The summed E-state index contributed by atoms with van der Waals surface area (Å²) in [6.45, 7) is 5.86. The van der Waals surface area contributed by atoms with Crippen molar-refractivity contribution in [2.24, 2.45) is 0 Å². The molecule has 5 heteroatoms. The first-order valence-electron chi connectivity index (χ1n) is 6.66. The molecule has 3 rings (SSSR count). The number of nitrogens with one attached hydrogen (secondary N) is 1. The largest absolute Gasteiger partial charge is 0.372 e. The van der Waals surface area contributed by atoms with Gasteiger partial charge in [0.25, 0.3) is 5.91 Å². The quantitative estimate of drug-likeness (QED) is 0.869. The Morgan fingerprint density at radius 3 is 2.95 bits per heavy atom. The molecule has 1 aliphatic heterocycles. The van der Waals surface area contributed by atoms with Gasteiger partial charge in [0.2, 0.25) is 0 Å². The van der Waals surface area contributed by atoms with Gasteiger partial charge in [0.05, 0.1) is 12.2 Å². The van der Waals surface area contributed by atoms with E-state index >= 15 is 0 Å². The van der Waals surface area contributed by atoms with E-state index in [1.54, 1.807) is 0 Å². The topological polar surface area (TPSA) is 45.3 Å². The summed E-state index contributed by atoms with van der Waals surface area (Å²) in [6.07, 6.45) is 0. The molecular weight excluding hydrogens is 320 g/mol. The number of morpholine rings is 1. The van der Waals surface area contributed by atoms with E-state index in [0.717, 1.165) is 15.4 Å². The molecule has 1 amide bonds. The Bertz CT molecular complexity index is 663. The number of nitrogens with zero attached hydrogens (tertiary/aromatic N) is 1. The summed E-state index contributed by atoms with van der Waals surface area (Å²) in [4.78, 5) is 17.6. The third kappa shape index (κ3) is 2.60. The van der Waals surface area contributed by atoms with Crippen LogP contribution in [0.3, 0.4) is 0 Å². The fraction of sp³-hybridized carbons (Fsp3) is 0.400. The zero-order valence-corrected chi connectivity index (χ0v) is 13.2. The summed E-state index contributed by atoms with van der Waals surface area (Å²) in [7, 11) is 0. The van der Waals surface area contributed by atoms with Crippen LogP contribution in [0.1, 0.15) is 24.3 Å². The Balaban J connectivity index is 1.88.